The number of rotatable bonds is 7. The predicted molar refractivity (Wildman–Crippen MR) is 112 cm³/mol. The van der Waals surface area contributed by atoms with Crippen LogP contribution in [0.3, 0.4) is 0 Å². The lowest BCUT2D eigenvalue weighted by Gasteiger charge is -2.09. The summed E-state index contributed by atoms with van der Waals surface area (Å²) in [6.07, 6.45) is -5.08. The Morgan fingerprint density at radius 1 is 1.18 bits per heavy atom. The number of anilines is 2. The first kappa shape index (κ1) is 24.8. The Balaban J connectivity index is 1.72. The fourth-order valence-electron chi connectivity index (χ4n) is 2.72. The maximum atomic E-state index is 13.0. The van der Waals surface area contributed by atoms with Gasteiger partial charge >= 0.3 is 11.9 Å². The Morgan fingerprint density at radius 3 is 2.32 bits per heavy atom. The van der Waals surface area contributed by atoms with Crippen LogP contribution in [0.15, 0.2) is 41.3 Å². The molecule has 34 heavy (non-hydrogen) atoms. The quantitative estimate of drug-likeness (QED) is 0.355. The number of alkyl halides is 3. The molecule has 2 aromatic heterocycles. The summed E-state index contributed by atoms with van der Waals surface area (Å²) < 4.78 is 66.7. The number of nitro groups is 1. The number of hydrogen-bond donors (Lipinski definition) is 2. The molecule has 0 atom stereocenters. The van der Waals surface area contributed by atoms with Gasteiger partial charge in [0.1, 0.15) is 12.2 Å². The van der Waals surface area contributed by atoms with E-state index in [-0.39, 0.29) is 21.6 Å². The third kappa shape index (κ3) is 5.57. The van der Waals surface area contributed by atoms with Gasteiger partial charge in [-0.15, -0.1) is 10.2 Å². The number of hydrogen-bond acceptors (Lipinski definition) is 8. The number of aromatic nitrogens is 4. The number of halogens is 4. The number of carbonyl (C=O) groups is 1. The number of amides is 1. The Labute approximate surface area is 193 Å². The van der Waals surface area contributed by atoms with Crippen LogP contribution in [0.2, 0.25) is 5.15 Å². The molecular weight excluding hydrogens is 507 g/mol. The standard InChI is InChI=1S/C17H13ClF3N7O5S/c1-9-15(28(30)31)16(17(19,20)21)25-27(9)8-14(29)22-10-2-4-11(5-3-10)34(32,33)26-13-7-6-12(18)23-24-13/h2-7H,8H2,1H3,(H,22,29)(H,24,26). The van der Waals surface area contributed by atoms with Gasteiger partial charge in [-0.3, -0.25) is 24.3 Å². The van der Waals surface area contributed by atoms with E-state index in [1.165, 1.54) is 24.3 Å². The van der Waals surface area contributed by atoms with Crippen molar-refractivity contribution in [2.75, 3.05) is 10.0 Å². The zero-order chi connectivity index (χ0) is 25.3. The van der Waals surface area contributed by atoms with E-state index in [1.54, 1.807) is 0 Å². The smallest absolute Gasteiger partial charge is 0.324 e. The van der Waals surface area contributed by atoms with Gasteiger partial charge in [0.25, 0.3) is 10.0 Å². The van der Waals surface area contributed by atoms with Crippen molar-refractivity contribution in [3.63, 3.8) is 0 Å². The van der Waals surface area contributed by atoms with Crippen LogP contribution >= 0.6 is 11.6 Å². The Morgan fingerprint density at radius 2 is 1.82 bits per heavy atom. The SMILES string of the molecule is Cc1c([N+](=O)[O-])c(C(F)(F)F)nn1CC(=O)Nc1ccc(S(=O)(=O)Nc2ccc(Cl)nn2)cc1. The molecule has 0 fully saturated rings. The summed E-state index contributed by atoms with van der Waals surface area (Å²) in [4.78, 5) is 21.8. The number of nitrogens with zero attached hydrogens (tertiary/aromatic N) is 5. The van der Waals surface area contributed by atoms with Gasteiger partial charge < -0.3 is 5.32 Å². The molecule has 0 aliphatic rings. The lowest BCUT2D eigenvalue weighted by atomic mass is 10.3. The molecular formula is C17H13ClF3N7O5S. The van der Waals surface area contributed by atoms with Gasteiger partial charge in [0, 0.05) is 5.69 Å². The highest BCUT2D eigenvalue weighted by Crippen LogP contribution is 2.36. The molecule has 12 nitrogen and oxygen atoms in total. The maximum absolute atomic E-state index is 13.0. The van der Waals surface area contributed by atoms with Crippen molar-refractivity contribution in [1.82, 2.24) is 20.0 Å². The van der Waals surface area contributed by atoms with E-state index < -0.39 is 50.7 Å². The highest BCUT2D eigenvalue weighted by molar-refractivity contribution is 7.92. The number of sulfonamides is 1. The highest BCUT2D eigenvalue weighted by Gasteiger charge is 2.44. The molecule has 0 radical (unpaired) electrons. The van der Waals surface area contributed by atoms with Crippen molar-refractivity contribution in [3.8, 4) is 0 Å². The molecule has 2 N–H and O–H groups in total. The molecule has 2 heterocycles. The van der Waals surface area contributed by atoms with Gasteiger partial charge in [-0.05, 0) is 43.3 Å². The maximum Gasteiger partial charge on any atom is 0.442 e. The predicted octanol–water partition coefficient (Wildman–Crippen LogP) is 3.00. The average Bonchev–Trinajstić information content (AvgIpc) is 3.06. The first-order chi connectivity index (χ1) is 15.8. The molecule has 0 saturated carbocycles. The monoisotopic (exact) mass is 519 g/mol. The summed E-state index contributed by atoms with van der Waals surface area (Å²) in [5.74, 6) is -0.928. The topological polar surface area (TPSA) is 162 Å². The lowest BCUT2D eigenvalue weighted by Crippen LogP contribution is -2.21. The first-order valence-electron chi connectivity index (χ1n) is 8.99. The summed E-state index contributed by atoms with van der Waals surface area (Å²) >= 11 is 5.59. The average molecular weight is 520 g/mol. The summed E-state index contributed by atoms with van der Waals surface area (Å²) in [5.41, 5.74) is -3.29. The minimum atomic E-state index is -5.08. The number of carbonyl (C=O) groups excluding carboxylic acids is 1. The minimum absolute atomic E-state index is 0.0672. The van der Waals surface area contributed by atoms with E-state index in [0.29, 0.717) is 4.68 Å². The molecule has 0 aliphatic carbocycles. The summed E-state index contributed by atoms with van der Waals surface area (Å²) in [6.45, 7) is 0.283. The molecule has 17 heteroatoms. The van der Waals surface area contributed by atoms with Gasteiger partial charge in [-0.1, -0.05) is 11.6 Å². The molecule has 3 rings (SSSR count). The molecule has 3 aromatic rings. The molecule has 1 aromatic carbocycles. The van der Waals surface area contributed by atoms with E-state index in [9.17, 15) is 36.5 Å². The second-order valence-corrected chi connectivity index (χ2v) is 8.68. The summed E-state index contributed by atoms with van der Waals surface area (Å²) in [5, 5.41) is 23.7. The van der Waals surface area contributed by atoms with Crippen LogP contribution in [0, 0.1) is 17.0 Å². The van der Waals surface area contributed by atoms with E-state index in [4.69, 9.17) is 11.6 Å². The van der Waals surface area contributed by atoms with Crippen LogP contribution < -0.4 is 10.0 Å². The molecule has 0 bridgehead atoms. The van der Waals surface area contributed by atoms with Crippen molar-refractivity contribution in [3.05, 3.63) is 63.1 Å². The third-order valence-electron chi connectivity index (χ3n) is 4.24. The van der Waals surface area contributed by atoms with Gasteiger partial charge in [0.15, 0.2) is 11.0 Å². The van der Waals surface area contributed by atoms with E-state index in [2.05, 4.69) is 25.3 Å². The van der Waals surface area contributed by atoms with Gasteiger partial charge in [-0.2, -0.15) is 18.3 Å². The molecule has 0 unspecified atom stereocenters. The highest BCUT2D eigenvalue weighted by atomic mass is 35.5. The van der Waals surface area contributed by atoms with Crippen LogP contribution in [0.5, 0.6) is 0 Å². The molecule has 0 aliphatic heterocycles. The molecule has 0 spiro atoms. The van der Waals surface area contributed by atoms with Crippen LogP contribution in [-0.2, 0) is 27.5 Å². The number of benzene rings is 1. The minimum Gasteiger partial charge on any atom is -0.324 e. The van der Waals surface area contributed by atoms with Crippen molar-refractivity contribution in [1.29, 1.82) is 0 Å². The van der Waals surface area contributed by atoms with Crippen LogP contribution in [0.25, 0.3) is 0 Å². The zero-order valence-electron chi connectivity index (χ0n) is 16.9. The normalized spacial score (nSPS) is 11.8. The van der Waals surface area contributed by atoms with Gasteiger partial charge in [0.05, 0.1) is 9.82 Å². The Kier molecular flexibility index (Phi) is 6.74. The fourth-order valence-corrected chi connectivity index (χ4v) is 3.82. The fraction of sp³-hybridized carbons (Fsp3) is 0.176. The van der Waals surface area contributed by atoms with Crippen LogP contribution in [0.4, 0.5) is 30.4 Å². The van der Waals surface area contributed by atoms with E-state index in [1.807, 2.05) is 0 Å². The van der Waals surface area contributed by atoms with Gasteiger partial charge in [-0.25, -0.2) is 8.42 Å². The van der Waals surface area contributed by atoms with E-state index >= 15 is 0 Å². The van der Waals surface area contributed by atoms with Crippen molar-refractivity contribution >= 4 is 44.7 Å². The zero-order valence-corrected chi connectivity index (χ0v) is 18.4. The molecule has 0 saturated heterocycles. The van der Waals surface area contributed by atoms with Gasteiger partial charge in [0.2, 0.25) is 11.6 Å². The van der Waals surface area contributed by atoms with Crippen molar-refractivity contribution < 1.29 is 31.3 Å². The lowest BCUT2D eigenvalue weighted by molar-refractivity contribution is -0.388. The summed E-state index contributed by atoms with van der Waals surface area (Å²) in [6, 6.07) is 7.42. The Hall–Kier alpha value is -3.79. The first-order valence-corrected chi connectivity index (χ1v) is 10.8. The summed E-state index contributed by atoms with van der Waals surface area (Å²) in [7, 11) is -4.04. The third-order valence-corrected chi connectivity index (χ3v) is 5.81. The largest absolute Gasteiger partial charge is 0.442 e. The second-order valence-electron chi connectivity index (χ2n) is 6.61. The Bertz CT molecular complexity index is 1340. The van der Waals surface area contributed by atoms with Crippen molar-refractivity contribution in [2.45, 2.75) is 24.5 Å². The second kappa shape index (κ2) is 9.22. The van der Waals surface area contributed by atoms with Crippen molar-refractivity contribution in [2.24, 2.45) is 0 Å². The molecule has 1 amide bonds. The van der Waals surface area contributed by atoms with E-state index in [0.717, 1.165) is 19.1 Å². The van der Waals surface area contributed by atoms with Crippen LogP contribution in [0.1, 0.15) is 11.4 Å². The molecule has 180 valence electrons. The number of nitrogens with one attached hydrogen (secondary N) is 2. The van der Waals surface area contributed by atoms with Crippen LogP contribution in [-0.4, -0.2) is 39.2 Å².